The summed E-state index contributed by atoms with van der Waals surface area (Å²) in [5.41, 5.74) is 16.7. The third-order valence-electron chi connectivity index (χ3n) is 11.2. The second kappa shape index (κ2) is 16.2. The average molecular weight is 741 g/mol. The van der Waals surface area contributed by atoms with E-state index in [4.69, 9.17) is 32.5 Å². The number of rotatable bonds is 10. The molecule has 278 valence electrons. The van der Waals surface area contributed by atoms with Crippen LogP contribution in [0.25, 0.3) is 0 Å². The van der Waals surface area contributed by atoms with Crippen molar-refractivity contribution in [2.45, 2.75) is 50.0 Å². The number of likely N-dealkylation sites (tertiary alicyclic amines) is 2. The highest BCUT2D eigenvalue weighted by Crippen LogP contribution is 2.42. The van der Waals surface area contributed by atoms with Gasteiger partial charge in [-0.15, -0.1) is 0 Å². The highest BCUT2D eigenvalue weighted by Gasteiger charge is 2.42. The van der Waals surface area contributed by atoms with Gasteiger partial charge in [0.2, 0.25) is 0 Å². The molecule has 4 aliphatic rings. The Morgan fingerprint density at radius 3 is 1.64 bits per heavy atom. The maximum Gasteiger partial charge on any atom is 0.271 e. The van der Waals surface area contributed by atoms with Gasteiger partial charge in [-0.3, -0.25) is 30.0 Å². The molecule has 0 spiro atoms. The molecule has 4 aromatic carbocycles. The first-order chi connectivity index (χ1) is 25.7. The number of nitro benzene ring substituents is 2. The number of benzene rings is 4. The minimum absolute atomic E-state index is 0.0407. The van der Waals surface area contributed by atoms with Gasteiger partial charge < -0.3 is 20.9 Å². The quantitative estimate of drug-likeness (QED) is 0.136. The van der Waals surface area contributed by atoms with Crippen molar-refractivity contribution in [3.8, 4) is 11.5 Å². The Labute approximate surface area is 313 Å². The minimum atomic E-state index is -0.458. The Balaban J connectivity index is 0.000000164. The van der Waals surface area contributed by atoms with Crippen molar-refractivity contribution in [1.82, 2.24) is 9.80 Å². The first-order valence-corrected chi connectivity index (χ1v) is 18.7. The maximum absolute atomic E-state index is 10.9. The van der Waals surface area contributed by atoms with Crippen LogP contribution in [0, 0.1) is 32.1 Å². The van der Waals surface area contributed by atoms with Crippen LogP contribution in [0.1, 0.15) is 47.3 Å². The first kappa shape index (κ1) is 36.8. The van der Waals surface area contributed by atoms with Gasteiger partial charge >= 0.3 is 0 Å². The van der Waals surface area contributed by atoms with E-state index < -0.39 is 9.85 Å². The van der Waals surface area contributed by atoms with E-state index in [2.05, 4.69) is 40.1 Å². The molecule has 2 fully saturated rings. The number of fused-ring (bicyclic) bond motifs is 2. The van der Waals surface area contributed by atoms with Crippen LogP contribution in [0.3, 0.4) is 0 Å². The summed E-state index contributed by atoms with van der Waals surface area (Å²) in [4.78, 5) is 25.9. The number of ether oxygens (including phenoxy) is 2. The minimum Gasteiger partial charge on any atom is -0.484 e. The van der Waals surface area contributed by atoms with Crippen LogP contribution in [0.15, 0.2) is 91.0 Å². The molecule has 4 aromatic rings. The maximum atomic E-state index is 10.9. The second-order valence-electron chi connectivity index (χ2n) is 14.4. The molecular weight excluding hydrogens is 696 g/mol. The van der Waals surface area contributed by atoms with Gasteiger partial charge in [0, 0.05) is 37.4 Å². The molecule has 4 N–H and O–H groups in total. The lowest BCUT2D eigenvalue weighted by Crippen LogP contribution is -2.39. The van der Waals surface area contributed by atoms with E-state index >= 15 is 0 Å². The third kappa shape index (κ3) is 8.02. The fraction of sp³-hybridized carbons (Fsp3) is 0.400. The lowest BCUT2D eigenvalue weighted by molar-refractivity contribution is -0.385. The number of halogens is 1. The van der Waals surface area contributed by atoms with Gasteiger partial charge in [-0.05, 0) is 104 Å². The van der Waals surface area contributed by atoms with E-state index in [1.807, 2.05) is 18.2 Å². The monoisotopic (exact) mass is 740 g/mol. The van der Waals surface area contributed by atoms with Crippen LogP contribution in [-0.4, -0.2) is 71.0 Å². The molecule has 2 aliphatic heterocycles. The number of hydrogen-bond acceptors (Lipinski definition) is 10. The standard InChI is InChI=1S/C20H22ClN3O3.C20H23N3O3/c21-17-10-15(24(25)26)5-6-19(17)27-20-16-4-2-1-3-14(16)9-18(20)23-8-7-13(11-22)12-23;21-12-14-9-10-22(13-14)19-11-15-3-1-2-4-18(15)20(19)26-17-7-5-16(6-8-17)23(24)25/h1-6,10,13,18,20H,7-9,11-12,22H2;1-8,14,19-20H,9-13,21H2/t13-,18+,20+;14-,19+,20+/m00/s1. The Bertz CT molecular complexity index is 1930. The lowest BCUT2D eigenvalue weighted by Gasteiger charge is -2.30. The van der Waals surface area contributed by atoms with Gasteiger partial charge in [0.15, 0.2) is 0 Å². The van der Waals surface area contributed by atoms with E-state index in [1.54, 1.807) is 18.2 Å². The summed E-state index contributed by atoms with van der Waals surface area (Å²) in [5.74, 6) is 2.22. The summed E-state index contributed by atoms with van der Waals surface area (Å²) in [6.45, 7) is 5.47. The van der Waals surface area contributed by atoms with E-state index in [-0.39, 0.29) is 40.7 Å². The fourth-order valence-corrected chi connectivity index (χ4v) is 8.56. The van der Waals surface area contributed by atoms with Crippen molar-refractivity contribution in [2.24, 2.45) is 23.3 Å². The lowest BCUT2D eigenvalue weighted by atomic mass is 10.1. The Morgan fingerprint density at radius 2 is 1.17 bits per heavy atom. The van der Waals surface area contributed by atoms with Gasteiger partial charge in [0.25, 0.3) is 11.4 Å². The van der Waals surface area contributed by atoms with Crippen molar-refractivity contribution < 1.29 is 19.3 Å². The molecule has 0 radical (unpaired) electrons. The molecule has 8 rings (SSSR count). The molecule has 13 heteroatoms. The van der Waals surface area contributed by atoms with Gasteiger partial charge in [-0.2, -0.15) is 0 Å². The number of hydrogen-bond donors (Lipinski definition) is 2. The zero-order chi connectivity index (χ0) is 37.1. The van der Waals surface area contributed by atoms with Crippen molar-refractivity contribution in [3.63, 3.8) is 0 Å². The summed E-state index contributed by atoms with van der Waals surface area (Å²) in [7, 11) is 0. The van der Waals surface area contributed by atoms with Crippen molar-refractivity contribution in [3.05, 3.63) is 139 Å². The molecule has 2 saturated heterocycles. The Hall–Kier alpha value is -4.59. The smallest absolute Gasteiger partial charge is 0.271 e. The van der Waals surface area contributed by atoms with Gasteiger partial charge in [-0.25, -0.2) is 0 Å². The van der Waals surface area contributed by atoms with Crippen molar-refractivity contribution in [2.75, 3.05) is 39.3 Å². The molecule has 0 aromatic heterocycles. The zero-order valence-corrected chi connectivity index (χ0v) is 30.2. The number of non-ortho nitro benzene ring substituents is 2. The Kier molecular flexibility index (Phi) is 11.2. The predicted octanol–water partition coefficient (Wildman–Crippen LogP) is 6.49. The third-order valence-corrected chi connectivity index (χ3v) is 11.5. The van der Waals surface area contributed by atoms with Crippen LogP contribution in [0.5, 0.6) is 11.5 Å². The second-order valence-corrected chi connectivity index (χ2v) is 14.8. The molecule has 0 bridgehead atoms. The van der Waals surface area contributed by atoms with E-state index in [9.17, 15) is 20.2 Å². The van der Waals surface area contributed by atoms with Crippen LogP contribution in [0.4, 0.5) is 11.4 Å². The summed E-state index contributed by atoms with van der Waals surface area (Å²) in [6, 6.07) is 27.9. The van der Waals surface area contributed by atoms with Crippen LogP contribution < -0.4 is 20.9 Å². The van der Waals surface area contributed by atoms with E-state index in [1.165, 1.54) is 41.0 Å². The summed E-state index contributed by atoms with van der Waals surface area (Å²) >= 11 is 6.27. The highest BCUT2D eigenvalue weighted by atomic mass is 35.5. The normalized spacial score (nSPS) is 25.0. The van der Waals surface area contributed by atoms with Gasteiger partial charge in [0.1, 0.15) is 23.7 Å². The summed E-state index contributed by atoms with van der Waals surface area (Å²) in [6.07, 6.45) is 3.90. The van der Waals surface area contributed by atoms with Crippen molar-refractivity contribution >= 4 is 23.0 Å². The van der Waals surface area contributed by atoms with E-state index in [0.29, 0.717) is 29.9 Å². The number of nitrogens with zero attached hydrogens (tertiary/aromatic N) is 4. The van der Waals surface area contributed by atoms with Crippen LogP contribution >= 0.6 is 11.6 Å². The van der Waals surface area contributed by atoms with Gasteiger partial charge in [0.05, 0.1) is 27.0 Å². The largest absolute Gasteiger partial charge is 0.484 e. The molecule has 0 unspecified atom stereocenters. The summed E-state index contributed by atoms with van der Waals surface area (Å²) in [5, 5.41) is 22.1. The van der Waals surface area contributed by atoms with Crippen molar-refractivity contribution in [1.29, 1.82) is 0 Å². The topological polar surface area (TPSA) is 163 Å². The number of nitro groups is 2. The highest BCUT2D eigenvalue weighted by molar-refractivity contribution is 6.32. The molecule has 0 amide bonds. The molecule has 53 heavy (non-hydrogen) atoms. The molecule has 0 saturated carbocycles. The Morgan fingerprint density at radius 1 is 0.679 bits per heavy atom. The SMILES string of the molecule is NC[C@@H]1CCN([C@@H]2Cc3ccccc3[C@H]2Oc2ccc([N+](=O)[O-])cc2)C1.NC[C@@H]1CCN([C@@H]2Cc3ccccc3[C@H]2Oc2ccc([N+](=O)[O-])cc2Cl)C1. The van der Waals surface area contributed by atoms with E-state index in [0.717, 1.165) is 64.0 Å². The number of nitrogens with two attached hydrogens (primary N) is 2. The van der Waals surface area contributed by atoms with Gasteiger partial charge in [-0.1, -0.05) is 60.1 Å². The molecule has 2 heterocycles. The zero-order valence-electron chi connectivity index (χ0n) is 29.5. The predicted molar refractivity (Wildman–Crippen MR) is 203 cm³/mol. The summed E-state index contributed by atoms with van der Waals surface area (Å²) < 4.78 is 12.7. The molecule has 6 atom stereocenters. The average Bonchev–Trinajstić information content (AvgIpc) is 3.98. The molecule has 2 aliphatic carbocycles. The van der Waals surface area contributed by atoms with Crippen LogP contribution in [0.2, 0.25) is 5.02 Å². The first-order valence-electron chi connectivity index (χ1n) is 18.3. The molecular formula is C40H45ClN6O6. The molecule has 12 nitrogen and oxygen atoms in total. The van der Waals surface area contributed by atoms with Crippen LogP contribution in [-0.2, 0) is 12.8 Å². The fourth-order valence-electron chi connectivity index (χ4n) is 8.34.